The van der Waals surface area contributed by atoms with Gasteiger partial charge < -0.3 is 23.7 Å². The molecule has 0 aliphatic heterocycles. The van der Waals surface area contributed by atoms with Gasteiger partial charge in [0.05, 0.1) is 28.4 Å². The zero-order valence-electron chi connectivity index (χ0n) is 26.5. The Kier molecular flexibility index (Phi) is 17.7. The van der Waals surface area contributed by atoms with Crippen molar-refractivity contribution in [3.8, 4) is 28.7 Å². The molecule has 0 aliphatic carbocycles. The Balaban J connectivity index is 1.74. The highest BCUT2D eigenvalue weighted by molar-refractivity contribution is 5.76. The zero-order valence-corrected chi connectivity index (χ0v) is 26.5. The van der Waals surface area contributed by atoms with E-state index in [1.54, 1.807) is 34.5 Å². The van der Waals surface area contributed by atoms with Crippen LogP contribution in [0.15, 0.2) is 42.5 Å². The van der Waals surface area contributed by atoms with E-state index >= 15 is 0 Å². The number of esters is 1. The van der Waals surface area contributed by atoms with Crippen LogP contribution in [0.2, 0.25) is 0 Å². The summed E-state index contributed by atoms with van der Waals surface area (Å²) in [6, 6.07) is 9.27. The van der Waals surface area contributed by atoms with E-state index in [0.717, 1.165) is 36.8 Å². The van der Waals surface area contributed by atoms with E-state index in [9.17, 15) is 4.79 Å². The van der Waals surface area contributed by atoms with Crippen LogP contribution in [0.1, 0.15) is 108 Å². The van der Waals surface area contributed by atoms with Gasteiger partial charge in [-0.05, 0) is 67.5 Å². The molecule has 2 aromatic carbocycles. The van der Waals surface area contributed by atoms with Crippen molar-refractivity contribution in [1.29, 1.82) is 0 Å². The summed E-state index contributed by atoms with van der Waals surface area (Å²) in [5.41, 5.74) is 1.75. The van der Waals surface area contributed by atoms with Gasteiger partial charge in [0.25, 0.3) is 0 Å². The van der Waals surface area contributed by atoms with Crippen molar-refractivity contribution in [3.05, 3.63) is 53.6 Å². The third-order valence-electron chi connectivity index (χ3n) is 7.21. The molecule has 0 saturated heterocycles. The SMILES string of the molecule is CCCCCCCC/C=C\CCCCCCCC(=O)Oc1cc(/C=C\c2cc(OC)c(OC)c(OC)c2)ccc1OC. The Hall–Kier alpha value is -3.41. The lowest BCUT2D eigenvalue weighted by molar-refractivity contribution is -0.134. The van der Waals surface area contributed by atoms with Crippen LogP contribution in [0.25, 0.3) is 12.2 Å². The lowest BCUT2D eigenvalue weighted by Crippen LogP contribution is -2.08. The van der Waals surface area contributed by atoms with E-state index in [2.05, 4.69) is 19.1 Å². The molecule has 0 spiro atoms. The molecule has 0 bridgehead atoms. The molecule has 42 heavy (non-hydrogen) atoms. The van der Waals surface area contributed by atoms with Crippen LogP contribution in [0, 0.1) is 0 Å². The van der Waals surface area contributed by atoms with Gasteiger partial charge in [-0.3, -0.25) is 4.79 Å². The largest absolute Gasteiger partial charge is 0.493 e. The summed E-state index contributed by atoms with van der Waals surface area (Å²) >= 11 is 0. The van der Waals surface area contributed by atoms with Gasteiger partial charge in [-0.2, -0.15) is 0 Å². The second kappa shape index (κ2) is 21.3. The molecule has 2 aromatic rings. The van der Waals surface area contributed by atoms with Crippen LogP contribution in [0.3, 0.4) is 0 Å². The van der Waals surface area contributed by atoms with E-state index < -0.39 is 0 Å². The van der Waals surface area contributed by atoms with Crippen LogP contribution in [-0.4, -0.2) is 34.4 Å². The van der Waals surface area contributed by atoms with Crippen LogP contribution in [0.4, 0.5) is 0 Å². The van der Waals surface area contributed by atoms with Crippen LogP contribution < -0.4 is 23.7 Å². The van der Waals surface area contributed by atoms with Crippen molar-refractivity contribution in [3.63, 3.8) is 0 Å². The number of rotatable bonds is 22. The average molecular weight is 581 g/mol. The minimum atomic E-state index is -0.239. The molecule has 6 heteroatoms. The molecule has 0 amide bonds. The summed E-state index contributed by atoms with van der Waals surface area (Å²) < 4.78 is 27.4. The van der Waals surface area contributed by atoms with Gasteiger partial charge in [0.15, 0.2) is 23.0 Å². The number of ether oxygens (including phenoxy) is 5. The Morgan fingerprint density at radius 3 is 1.69 bits per heavy atom. The third kappa shape index (κ3) is 13.1. The van der Waals surface area contributed by atoms with Gasteiger partial charge in [0.1, 0.15) is 0 Å². The van der Waals surface area contributed by atoms with Gasteiger partial charge in [-0.25, -0.2) is 0 Å². The number of hydrogen-bond donors (Lipinski definition) is 0. The van der Waals surface area contributed by atoms with Crippen LogP contribution in [-0.2, 0) is 4.79 Å². The first kappa shape index (κ1) is 34.8. The van der Waals surface area contributed by atoms with Crippen molar-refractivity contribution in [2.24, 2.45) is 0 Å². The van der Waals surface area contributed by atoms with Gasteiger partial charge in [0, 0.05) is 6.42 Å². The summed E-state index contributed by atoms with van der Waals surface area (Å²) in [5, 5.41) is 0. The summed E-state index contributed by atoms with van der Waals surface area (Å²) in [6.07, 6.45) is 24.9. The van der Waals surface area contributed by atoms with Crippen LogP contribution in [0.5, 0.6) is 28.7 Å². The molecule has 0 heterocycles. The summed E-state index contributed by atoms with van der Waals surface area (Å²) in [4.78, 5) is 12.6. The molecule has 0 N–H and O–H groups in total. The fourth-order valence-electron chi connectivity index (χ4n) is 4.78. The lowest BCUT2D eigenvalue weighted by atomic mass is 10.1. The number of benzene rings is 2. The molecule has 0 saturated carbocycles. The predicted molar refractivity (Wildman–Crippen MR) is 173 cm³/mol. The maximum absolute atomic E-state index is 12.6. The summed E-state index contributed by atoms with van der Waals surface area (Å²) in [5.74, 6) is 2.41. The molecule has 0 radical (unpaired) electrons. The highest BCUT2D eigenvalue weighted by Gasteiger charge is 2.13. The predicted octanol–water partition coefficient (Wildman–Crippen LogP) is 9.83. The van der Waals surface area contributed by atoms with E-state index in [4.69, 9.17) is 23.7 Å². The smallest absolute Gasteiger partial charge is 0.311 e. The number of methoxy groups -OCH3 is 4. The number of hydrogen-bond acceptors (Lipinski definition) is 6. The molecular formula is C36H52O6. The Bertz CT molecular complexity index is 1080. The second-order valence-electron chi connectivity index (χ2n) is 10.5. The van der Waals surface area contributed by atoms with E-state index in [0.29, 0.717) is 35.2 Å². The maximum Gasteiger partial charge on any atom is 0.311 e. The fourth-order valence-corrected chi connectivity index (χ4v) is 4.78. The van der Waals surface area contributed by atoms with Crippen molar-refractivity contribution in [2.45, 2.75) is 96.8 Å². The molecule has 0 fully saturated rings. The van der Waals surface area contributed by atoms with Crippen LogP contribution >= 0.6 is 0 Å². The van der Waals surface area contributed by atoms with E-state index in [-0.39, 0.29) is 5.97 Å². The Morgan fingerprint density at radius 1 is 0.595 bits per heavy atom. The van der Waals surface area contributed by atoms with Gasteiger partial charge in [0.2, 0.25) is 5.75 Å². The minimum absolute atomic E-state index is 0.239. The molecular weight excluding hydrogens is 528 g/mol. The van der Waals surface area contributed by atoms with E-state index in [1.165, 1.54) is 57.8 Å². The first-order valence-corrected chi connectivity index (χ1v) is 15.6. The van der Waals surface area contributed by atoms with Crippen molar-refractivity contribution < 1.29 is 28.5 Å². The van der Waals surface area contributed by atoms with Gasteiger partial charge >= 0.3 is 5.97 Å². The summed E-state index contributed by atoms with van der Waals surface area (Å²) in [7, 11) is 6.33. The number of carbonyl (C=O) groups is 1. The number of carbonyl (C=O) groups excluding carboxylic acids is 1. The minimum Gasteiger partial charge on any atom is -0.493 e. The second-order valence-corrected chi connectivity index (χ2v) is 10.5. The first-order chi connectivity index (χ1) is 20.6. The maximum atomic E-state index is 12.6. The topological polar surface area (TPSA) is 63.2 Å². The quantitative estimate of drug-likeness (QED) is 0.0454. The monoisotopic (exact) mass is 580 g/mol. The average Bonchev–Trinajstić information content (AvgIpc) is 3.01. The number of allylic oxidation sites excluding steroid dienone is 2. The lowest BCUT2D eigenvalue weighted by Gasteiger charge is -2.13. The fraction of sp³-hybridized carbons (Fsp3) is 0.528. The van der Waals surface area contributed by atoms with Crippen molar-refractivity contribution in [2.75, 3.05) is 28.4 Å². The molecule has 232 valence electrons. The number of unbranched alkanes of at least 4 members (excludes halogenated alkanes) is 11. The molecule has 0 aromatic heterocycles. The summed E-state index contributed by atoms with van der Waals surface area (Å²) in [6.45, 7) is 2.26. The Labute approximate surface area is 254 Å². The standard InChI is InChI=1S/C36H52O6/c1-6-7-8-9-10-11-12-13-14-15-16-17-18-19-20-21-35(37)42-32-26-29(24-25-31(32)38-2)22-23-30-27-33(39-3)36(41-5)34(28-30)40-4/h13-14,22-28H,6-12,15-21H2,1-5H3/b14-13-,23-22-. The molecule has 0 aliphatic rings. The van der Waals surface area contributed by atoms with Gasteiger partial charge in [-0.1, -0.05) is 88.7 Å². The highest BCUT2D eigenvalue weighted by atomic mass is 16.6. The van der Waals surface area contributed by atoms with Gasteiger partial charge in [-0.15, -0.1) is 0 Å². The molecule has 0 atom stereocenters. The van der Waals surface area contributed by atoms with E-state index in [1.807, 2.05) is 36.4 Å². The van der Waals surface area contributed by atoms with Crippen molar-refractivity contribution >= 4 is 18.1 Å². The van der Waals surface area contributed by atoms with Crippen molar-refractivity contribution in [1.82, 2.24) is 0 Å². The molecule has 2 rings (SSSR count). The Morgan fingerprint density at radius 2 is 1.12 bits per heavy atom. The highest BCUT2D eigenvalue weighted by Crippen LogP contribution is 2.39. The third-order valence-corrected chi connectivity index (χ3v) is 7.21. The normalized spacial score (nSPS) is 11.3. The zero-order chi connectivity index (χ0) is 30.4. The first-order valence-electron chi connectivity index (χ1n) is 15.6. The molecule has 0 unspecified atom stereocenters. The molecule has 6 nitrogen and oxygen atoms in total.